The zero-order chi connectivity index (χ0) is 19.6. The first-order chi connectivity index (χ1) is 12.9. The van der Waals surface area contributed by atoms with E-state index in [0.717, 1.165) is 16.8 Å². The summed E-state index contributed by atoms with van der Waals surface area (Å²) in [5.41, 5.74) is 3.54. The van der Waals surface area contributed by atoms with Crippen molar-refractivity contribution in [2.45, 2.75) is 26.3 Å². The lowest BCUT2D eigenvalue weighted by atomic mass is 10.1. The molecule has 1 heterocycles. The van der Waals surface area contributed by atoms with Crippen molar-refractivity contribution in [3.8, 4) is 11.5 Å². The molecule has 2 aromatic rings. The van der Waals surface area contributed by atoms with Gasteiger partial charge in [0.05, 0.1) is 20.3 Å². The Morgan fingerprint density at radius 3 is 2.44 bits per heavy atom. The molecule has 1 aliphatic heterocycles. The van der Waals surface area contributed by atoms with Crippen molar-refractivity contribution in [1.82, 2.24) is 5.32 Å². The first kappa shape index (κ1) is 18.8. The highest BCUT2D eigenvalue weighted by molar-refractivity contribution is 5.99. The third-order valence-corrected chi connectivity index (χ3v) is 4.91. The van der Waals surface area contributed by atoms with Crippen molar-refractivity contribution in [3.05, 3.63) is 53.1 Å². The summed E-state index contributed by atoms with van der Waals surface area (Å²) < 4.78 is 10.5. The van der Waals surface area contributed by atoms with E-state index in [1.807, 2.05) is 32.0 Å². The van der Waals surface area contributed by atoms with Crippen molar-refractivity contribution in [2.75, 3.05) is 25.7 Å². The molecule has 1 fully saturated rings. The number of benzene rings is 2. The van der Waals surface area contributed by atoms with E-state index >= 15 is 0 Å². The van der Waals surface area contributed by atoms with Crippen LogP contribution in [0.25, 0.3) is 0 Å². The average molecular weight is 368 g/mol. The van der Waals surface area contributed by atoms with Crippen LogP contribution in [0.5, 0.6) is 11.5 Å². The second-order valence-electron chi connectivity index (χ2n) is 6.72. The number of carbonyl (C=O) groups is 2. The van der Waals surface area contributed by atoms with Crippen molar-refractivity contribution in [3.63, 3.8) is 0 Å². The van der Waals surface area contributed by atoms with Crippen LogP contribution >= 0.6 is 0 Å². The molecular formula is C21H24N2O4. The Kier molecular flexibility index (Phi) is 5.35. The Hall–Kier alpha value is -3.02. The van der Waals surface area contributed by atoms with E-state index < -0.39 is 0 Å². The molecule has 0 bridgehead atoms. The van der Waals surface area contributed by atoms with Gasteiger partial charge in [-0.1, -0.05) is 6.07 Å². The fourth-order valence-corrected chi connectivity index (χ4v) is 3.20. The van der Waals surface area contributed by atoms with Crippen LogP contribution in [0.3, 0.4) is 0 Å². The third kappa shape index (κ3) is 3.89. The lowest BCUT2D eigenvalue weighted by Gasteiger charge is -2.19. The van der Waals surface area contributed by atoms with E-state index in [0.29, 0.717) is 23.6 Å². The maximum absolute atomic E-state index is 12.5. The fourth-order valence-electron chi connectivity index (χ4n) is 3.20. The zero-order valence-electron chi connectivity index (χ0n) is 16.0. The van der Waals surface area contributed by atoms with Crippen LogP contribution in [0.4, 0.5) is 5.69 Å². The summed E-state index contributed by atoms with van der Waals surface area (Å²) in [5, 5.41) is 2.97. The van der Waals surface area contributed by atoms with Gasteiger partial charge >= 0.3 is 0 Å². The normalized spacial score (nSPS) is 16.4. The molecule has 1 atom stereocenters. The minimum absolute atomic E-state index is 0.0346. The second kappa shape index (κ2) is 7.70. The molecule has 6 heteroatoms. The maximum atomic E-state index is 12.5. The lowest BCUT2D eigenvalue weighted by molar-refractivity contribution is -0.117. The molecule has 2 aromatic carbocycles. The summed E-state index contributed by atoms with van der Waals surface area (Å²) >= 11 is 0. The van der Waals surface area contributed by atoms with Gasteiger partial charge in [-0.2, -0.15) is 0 Å². The second-order valence-corrected chi connectivity index (χ2v) is 6.72. The molecule has 0 aliphatic carbocycles. The number of anilines is 1. The van der Waals surface area contributed by atoms with E-state index in [1.165, 1.54) is 0 Å². The highest BCUT2D eigenvalue weighted by Gasteiger charge is 2.32. The number of carbonyl (C=O) groups excluding carboxylic acids is 2. The van der Waals surface area contributed by atoms with E-state index in [1.54, 1.807) is 37.3 Å². The summed E-state index contributed by atoms with van der Waals surface area (Å²) in [4.78, 5) is 26.6. The van der Waals surface area contributed by atoms with Crippen LogP contribution in [0.2, 0.25) is 0 Å². The number of hydrogen-bond donors (Lipinski definition) is 1. The first-order valence-corrected chi connectivity index (χ1v) is 8.83. The van der Waals surface area contributed by atoms with Crippen molar-refractivity contribution in [1.29, 1.82) is 0 Å². The van der Waals surface area contributed by atoms with Crippen LogP contribution in [-0.4, -0.2) is 38.6 Å². The Bertz CT molecular complexity index is 878. The number of aryl methyl sites for hydroxylation is 2. The maximum Gasteiger partial charge on any atom is 0.251 e. The van der Waals surface area contributed by atoms with E-state index in [2.05, 4.69) is 5.32 Å². The van der Waals surface area contributed by atoms with Gasteiger partial charge in [-0.05, 0) is 49.2 Å². The standard InChI is InChI=1S/C21H24N2O4/c1-13-5-6-15(9-14(13)2)21(25)22-16-10-20(24)23(12-16)17-7-8-18(26-3)19(11-17)27-4/h5-9,11,16H,10,12H2,1-4H3,(H,22,25)/t16-/m1/s1. The third-order valence-electron chi connectivity index (χ3n) is 4.91. The van der Waals surface area contributed by atoms with Gasteiger partial charge in [-0.25, -0.2) is 0 Å². The predicted molar refractivity (Wildman–Crippen MR) is 104 cm³/mol. The summed E-state index contributed by atoms with van der Waals surface area (Å²) in [7, 11) is 3.12. The molecule has 142 valence electrons. The van der Waals surface area contributed by atoms with Crippen LogP contribution in [0.15, 0.2) is 36.4 Å². The molecule has 0 radical (unpaired) electrons. The highest BCUT2D eigenvalue weighted by Crippen LogP contribution is 2.33. The average Bonchev–Trinajstić information content (AvgIpc) is 3.03. The molecule has 27 heavy (non-hydrogen) atoms. The minimum Gasteiger partial charge on any atom is -0.493 e. The number of methoxy groups -OCH3 is 2. The molecule has 0 unspecified atom stereocenters. The molecule has 0 saturated carbocycles. The number of rotatable bonds is 5. The van der Waals surface area contributed by atoms with Gasteiger partial charge in [0, 0.05) is 30.3 Å². The van der Waals surface area contributed by atoms with Crippen molar-refractivity contribution >= 4 is 17.5 Å². The minimum atomic E-state index is -0.236. The molecule has 6 nitrogen and oxygen atoms in total. The quantitative estimate of drug-likeness (QED) is 0.881. The monoisotopic (exact) mass is 368 g/mol. The molecule has 1 aliphatic rings. The van der Waals surface area contributed by atoms with Gasteiger partial charge in [0.15, 0.2) is 11.5 Å². The predicted octanol–water partition coefficient (Wildman–Crippen LogP) is 2.86. The number of nitrogens with zero attached hydrogens (tertiary/aromatic N) is 1. The molecule has 3 rings (SSSR count). The fraction of sp³-hybridized carbons (Fsp3) is 0.333. The summed E-state index contributed by atoms with van der Waals surface area (Å²) in [6.45, 7) is 4.41. The highest BCUT2D eigenvalue weighted by atomic mass is 16.5. The Balaban J connectivity index is 1.72. The summed E-state index contributed by atoms with van der Waals surface area (Å²) in [6.07, 6.45) is 0.269. The first-order valence-electron chi connectivity index (χ1n) is 8.83. The smallest absolute Gasteiger partial charge is 0.251 e. The van der Waals surface area contributed by atoms with Gasteiger partial charge in [-0.15, -0.1) is 0 Å². The van der Waals surface area contributed by atoms with Gasteiger partial charge in [0.1, 0.15) is 0 Å². The molecule has 2 amide bonds. The van der Waals surface area contributed by atoms with Crippen LogP contribution in [0.1, 0.15) is 27.9 Å². The zero-order valence-corrected chi connectivity index (χ0v) is 16.0. The Morgan fingerprint density at radius 2 is 1.78 bits per heavy atom. The summed E-state index contributed by atoms with van der Waals surface area (Å²) in [5.74, 6) is 0.968. The lowest BCUT2D eigenvalue weighted by Crippen LogP contribution is -2.37. The van der Waals surface area contributed by atoms with Crippen LogP contribution in [-0.2, 0) is 4.79 Å². The molecule has 1 N–H and O–H groups in total. The topological polar surface area (TPSA) is 67.9 Å². The van der Waals surface area contributed by atoms with Gasteiger partial charge in [0.2, 0.25) is 5.91 Å². The van der Waals surface area contributed by atoms with E-state index in [4.69, 9.17) is 9.47 Å². The van der Waals surface area contributed by atoms with E-state index in [-0.39, 0.29) is 24.3 Å². The molecule has 0 spiro atoms. The van der Waals surface area contributed by atoms with Gasteiger partial charge in [0.25, 0.3) is 5.91 Å². The molecule has 0 aromatic heterocycles. The van der Waals surface area contributed by atoms with Crippen LogP contribution < -0.4 is 19.7 Å². The number of nitrogens with one attached hydrogen (secondary N) is 1. The van der Waals surface area contributed by atoms with Crippen LogP contribution in [0, 0.1) is 13.8 Å². The van der Waals surface area contributed by atoms with Gasteiger partial charge in [-0.3, -0.25) is 9.59 Å². The number of hydrogen-bond acceptors (Lipinski definition) is 4. The Morgan fingerprint density at radius 1 is 1.04 bits per heavy atom. The Labute approximate surface area is 159 Å². The largest absolute Gasteiger partial charge is 0.493 e. The molecule has 1 saturated heterocycles. The van der Waals surface area contributed by atoms with E-state index in [9.17, 15) is 9.59 Å². The number of amides is 2. The van der Waals surface area contributed by atoms with Crippen molar-refractivity contribution < 1.29 is 19.1 Å². The number of ether oxygens (including phenoxy) is 2. The summed E-state index contributed by atoms with van der Waals surface area (Å²) in [6, 6.07) is 10.7. The SMILES string of the molecule is COc1ccc(N2C[C@H](NC(=O)c3ccc(C)c(C)c3)CC2=O)cc1OC. The molecular weight excluding hydrogens is 344 g/mol. The van der Waals surface area contributed by atoms with Gasteiger partial charge < -0.3 is 19.7 Å². The van der Waals surface area contributed by atoms with Crippen molar-refractivity contribution in [2.24, 2.45) is 0 Å².